The van der Waals surface area contributed by atoms with Crippen molar-refractivity contribution in [3.8, 4) is 5.75 Å². The second-order valence-electron chi connectivity index (χ2n) is 12.3. The van der Waals surface area contributed by atoms with Gasteiger partial charge in [-0.25, -0.2) is 10.2 Å². The van der Waals surface area contributed by atoms with Crippen LogP contribution in [-0.4, -0.2) is 65.7 Å². The van der Waals surface area contributed by atoms with Gasteiger partial charge in [-0.3, -0.25) is 19.4 Å². The van der Waals surface area contributed by atoms with E-state index in [-0.39, 0.29) is 29.7 Å². The van der Waals surface area contributed by atoms with E-state index in [1.807, 2.05) is 38.1 Å². The molecule has 1 unspecified atom stereocenters. The van der Waals surface area contributed by atoms with Gasteiger partial charge in [0.1, 0.15) is 36.1 Å². The van der Waals surface area contributed by atoms with E-state index >= 15 is 0 Å². The predicted octanol–water partition coefficient (Wildman–Crippen LogP) is 3.61. The van der Waals surface area contributed by atoms with Crippen LogP contribution in [0.25, 0.3) is 0 Å². The summed E-state index contributed by atoms with van der Waals surface area (Å²) in [7, 11) is 0. The third-order valence-corrected chi connectivity index (χ3v) is 6.67. The molecule has 234 valence electrons. The molecular weight excluding hydrogens is 538 g/mol. The summed E-state index contributed by atoms with van der Waals surface area (Å²) in [5, 5.41) is 9.81. The van der Waals surface area contributed by atoms with E-state index in [1.165, 1.54) is 5.01 Å². The van der Waals surface area contributed by atoms with Gasteiger partial charge in [-0.15, -0.1) is 0 Å². The Balaban J connectivity index is 2.03. The summed E-state index contributed by atoms with van der Waals surface area (Å²) in [5.41, 5.74) is 3.25. The number of carbonyl (C=O) groups is 4. The molecule has 1 heterocycles. The standard InChI is InChI=1S/C31H49N5O6/c1-10-17-41-23-14-11-13-22(18-23)25(19(2)3)33-27(37)24-15-12-16-36(35-24)29(39)21(6)32-28(38)26(20(4)5)34-30(40)42-31(7,8)9/h10-11,13-14,18-21,24-26,35H,1,12,15-17H2,2-9H3,(H,32,38)(H,33,37)(H,34,40)/t21-,24-,25+,26?/m0/s1. The summed E-state index contributed by atoms with van der Waals surface area (Å²) in [5.74, 6) is -0.554. The van der Waals surface area contributed by atoms with Crippen molar-refractivity contribution in [3.63, 3.8) is 0 Å². The van der Waals surface area contributed by atoms with Gasteiger partial charge in [0.2, 0.25) is 11.8 Å². The maximum absolute atomic E-state index is 13.3. The van der Waals surface area contributed by atoms with Gasteiger partial charge in [-0.05, 0) is 70.1 Å². The lowest BCUT2D eigenvalue weighted by molar-refractivity contribution is -0.143. The lowest BCUT2D eigenvalue weighted by Crippen LogP contribution is -2.62. The van der Waals surface area contributed by atoms with Crippen LogP contribution in [0, 0.1) is 11.8 Å². The SMILES string of the molecule is C=CCOc1cccc([C@H](NC(=O)[C@@H]2CCCN(C(=O)[C@H](C)NC(=O)C(NC(=O)OC(C)(C)C)C(C)C)N2)C(C)C)c1. The van der Waals surface area contributed by atoms with Gasteiger partial charge < -0.3 is 25.4 Å². The van der Waals surface area contributed by atoms with Crippen molar-refractivity contribution >= 4 is 23.8 Å². The Morgan fingerprint density at radius 2 is 1.76 bits per heavy atom. The zero-order valence-electron chi connectivity index (χ0n) is 26.3. The highest BCUT2D eigenvalue weighted by molar-refractivity contribution is 5.91. The van der Waals surface area contributed by atoms with Crippen molar-refractivity contribution in [2.24, 2.45) is 11.8 Å². The molecule has 0 aromatic heterocycles. The van der Waals surface area contributed by atoms with Crippen molar-refractivity contribution in [2.45, 2.75) is 98.0 Å². The number of nitrogens with one attached hydrogen (secondary N) is 4. The average molecular weight is 588 g/mol. The first-order valence-corrected chi connectivity index (χ1v) is 14.6. The molecule has 1 fully saturated rings. The van der Waals surface area contributed by atoms with E-state index in [9.17, 15) is 19.2 Å². The molecule has 2 rings (SSSR count). The van der Waals surface area contributed by atoms with Crippen LogP contribution in [0.4, 0.5) is 4.79 Å². The van der Waals surface area contributed by atoms with E-state index in [4.69, 9.17) is 9.47 Å². The maximum atomic E-state index is 13.3. The molecule has 0 spiro atoms. The summed E-state index contributed by atoms with van der Waals surface area (Å²) in [6.45, 7) is 18.9. The fourth-order valence-electron chi connectivity index (χ4n) is 4.54. The maximum Gasteiger partial charge on any atom is 0.408 e. The number of carbonyl (C=O) groups excluding carboxylic acids is 4. The predicted molar refractivity (Wildman–Crippen MR) is 161 cm³/mol. The van der Waals surface area contributed by atoms with Gasteiger partial charge >= 0.3 is 6.09 Å². The molecule has 42 heavy (non-hydrogen) atoms. The topological polar surface area (TPSA) is 138 Å². The fraction of sp³-hybridized carbons (Fsp3) is 0.613. The Morgan fingerprint density at radius 1 is 1.07 bits per heavy atom. The first-order chi connectivity index (χ1) is 19.6. The smallest absolute Gasteiger partial charge is 0.408 e. The summed E-state index contributed by atoms with van der Waals surface area (Å²) in [6.07, 6.45) is 2.13. The quantitative estimate of drug-likeness (QED) is 0.274. The van der Waals surface area contributed by atoms with Crippen LogP contribution in [0.2, 0.25) is 0 Å². The summed E-state index contributed by atoms with van der Waals surface area (Å²) >= 11 is 0. The number of hydrogen-bond acceptors (Lipinski definition) is 7. The molecule has 0 aliphatic carbocycles. The number of nitrogens with zero attached hydrogens (tertiary/aromatic N) is 1. The molecule has 1 aromatic rings. The van der Waals surface area contributed by atoms with Gasteiger partial charge in [0.05, 0.1) is 6.04 Å². The van der Waals surface area contributed by atoms with Crippen LogP contribution in [0.1, 0.15) is 79.8 Å². The molecule has 1 aliphatic rings. The van der Waals surface area contributed by atoms with Crippen molar-refractivity contribution in [2.75, 3.05) is 13.2 Å². The third-order valence-electron chi connectivity index (χ3n) is 6.67. The molecule has 1 aliphatic heterocycles. The first-order valence-electron chi connectivity index (χ1n) is 14.6. The first kappa shape index (κ1) is 34.6. The minimum absolute atomic E-state index is 0.100. The number of amides is 4. The number of benzene rings is 1. The van der Waals surface area contributed by atoms with Gasteiger partial charge in [0.25, 0.3) is 5.91 Å². The van der Waals surface area contributed by atoms with Crippen LogP contribution in [0.15, 0.2) is 36.9 Å². The molecule has 11 nitrogen and oxygen atoms in total. The zero-order valence-corrected chi connectivity index (χ0v) is 26.3. The monoisotopic (exact) mass is 587 g/mol. The number of alkyl carbamates (subject to hydrolysis) is 1. The summed E-state index contributed by atoms with van der Waals surface area (Å²) in [6, 6.07) is 4.93. The molecule has 11 heteroatoms. The molecule has 0 saturated carbocycles. The van der Waals surface area contributed by atoms with Crippen LogP contribution < -0.4 is 26.1 Å². The Labute approximate surface area is 250 Å². The summed E-state index contributed by atoms with van der Waals surface area (Å²) in [4.78, 5) is 51.9. The largest absolute Gasteiger partial charge is 0.490 e. The van der Waals surface area contributed by atoms with Crippen LogP contribution in [-0.2, 0) is 19.1 Å². The zero-order chi connectivity index (χ0) is 31.6. The van der Waals surface area contributed by atoms with Gasteiger partial charge in [-0.2, -0.15) is 0 Å². The molecule has 1 saturated heterocycles. The minimum Gasteiger partial charge on any atom is -0.490 e. The van der Waals surface area contributed by atoms with Crippen LogP contribution in [0.3, 0.4) is 0 Å². The number of hydrogen-bond donors (Lipinski definition) is 4. The van der Waals surface area contributed by atoms with Crippen LogP contribution >= 0.6 is 0 Å². The normalized spacial score (nSPS) is 17.6. The van der Waals surface area contributed by atoms with E-state index in [1.54, 1.807) is 47.6 Å². The summed E-state index contributed by atoms with van der Waals surface area (Å²) < 4.78 is 10.9. The second-order valence-corrected chi connectivity index (χ2v) is 12.3. The lowest BCUT2D eigenvalue weighted by Gasteiger charge is -2.36. The molecule has 0 bridgehead atoms. The highest BCUT2D eigenvalue weighted by Gasteiger charge is 2.34. The molecule has 0 radical (unpaired) electrons. The molecule has 1 aromatic carbocycles. The molecule has 4 amide bonds. The Morgan fingerprint density at radius 3 is 2.36 bits per heavy atom. The molecular formula is C31H49N5O6. The highest BCUT2D eigenvalue weighted by Crippen LogP contribution is 2.26. The number of hydrazine groups is 1. The highest BCUT2D eigenvalue weighted by atomic mass is 16.6. The van der Waals surface area contributed by atoms with Crippen molar-refractivity contribution in [1.82, 2.24) is 26.4 Å². The van der Waals surface area contributed by atoms with Crippen molar-refractivity contribution in [1.29, 1.82) is 0 Å². The number of rotatable bonds is 12. The van der Waals surface area contributed by atoms with Crippen molar-refractivity contribution < 1.29 is 28.7 Å². The fourth-order valence-corrected chi connectivity index (χ4v) is 4.54. The second kappa shape index (κ2) is 15.6. The van der Waals surface area contributed by atoms with Gasteiger partial charge in [-0.1, -0.05) is 52.5 Å². The third kappa shape index (κ3) is 10.7. The average Bonchev–Trinajstić information content (AvgIpc) is 2.91. The van der Waals surface area contributed by atoms with Gasteiger partial charge in [0, 0.05) is 6.54 Å². The van der Waals surface area contributed by atoms with Crippen LogP contribution in [0.5, 0.6) is 5.75 Å². The van der Waals surface area contributed by atoms with E-state index < -0.39 is 35.7 Å². The lowest BCUT2D eigenvalue weighted by atomic mass is 9.95. The molecule has 4 N–H and O–H groups in total. The van der Waals surface area contributed by atoms with E-state index in [2.05, 4.69) is 28.0 Å². The Kier molecular flexibility index (Phi) is 12.8. The minimum atomic E-state index is -0.893. The van der Waals surface area contributed by atoms with Crippen molar-refractivity contribution in [3.05, 3.63) is 42.5 Å². The Bertz CT molecular complexity index is 1100. The van der Waals surface area contributed by atoms with E-state index in [0.29, 0.717) is 31.7 Å². The molecule has 4 atom stereocenters. The van der Waals surface area contributed by atoms with E-state index in [0.717, 1.165) is 5.56 Å². The Hall–Kier alpha value is -3.60. The number of ether oxygens (including phenoxy) is 2. The van der Waals surface area contributed by atoms with Gasteiger partial charge in [0.15, 0.2) is 0 Å².